The van der Waals surface area contributed by atoms with Crippen LogP contribution in [0.4, 0.5) is 5.69 Å². The first-order valence-electron chi connectivity index (χ1n) is 5.87. The smallest absolute Gasteiger partial charge is 0.240 e. The number of benzene rings is 1. The van der Waals surface area contributed by atoms with Gasteiger partial charge in [0, 0.05) is 10.6 Å². The lowest BCUT2D eigenvalue weighted by atomic mass is 10.3. The van der Waals surface area contributed by atoms with Gasteiger partial charge in [-0.15, -0.1) is 11.3 Å². The largest absolute Gasteiger partial charge is 0.326 e. The van der Waals surface area contributed by atoms with Gasteiger partial charge >= 0.3 is 0 Å². The fourth-order valence-electron chi connectivity index (χ4n) is 1.61. The predicted octanol–water partition coefficient (Wildman–Crippen LogP) is 1.84. The first-order chi connectivity index (χ1) is 9.51. The van der Waals surface area contributed by atoms with E-state index in [1.807, 2.05) is 17.5 Å². The van der Waals surface area contributed by atoms with Crippen molar-refractivity contribution in [3.63, 3.8) is 0 Å². The SMILES string of the molecule is CNS(=O)(=O)c1ccc(NC(=O)Cc2cccs2)cc1. The molecule has 0 atom stereocenters. The molecule has 0 aliphatic carbocycles. The molecular weight excluding hydrogens is 296 g/mol. The molecule has 0 bridgehead atoms. The fraction of sp³-hybridized carbons (Fsp3) is 0.154. The van der Waals surface area contributed by atoms with E-state index in [1.165, 1.54) is 30.5 Å². The monoisotopic (exact) mass is 310 g/mol. The van der Waals surface area contributed by atoms with Gasteiger partial charge in [-0.2, -0.15) is 0 Å². The van der Waals surface area contributed by atoms with Gasteiger partial charge in [0.25, 0.3) is 0 Å². The predicted molar refractivity (Wildman–Crippen MR) is 79.3 cm³/mol. The highest BCUT2D eigenvalue weighted by atomic mass is 32.2. The van der Waals surface area contributed by atoms with E-state index in [9.17, 15) is 13.2 Å². The van der Waals surface area contributed by atoms with Crippen molar-refractivity contribution in [3.8, 4) is 0 Å². The van der Waals surface area contributed by atoms with Crippen molar-refractivity contribution in [2.75, 3.05) is 12.4 Å². The van der Waals surface area contributed by atoms with Crippen LogP contribution in [0.2, 0.25) is 0 Å². The number of nitrogens with one attached hydrogen (secondary N) is 2. The van der Waals surface area contributed by atoms with Gasteiger partial charge in [0.1, 0.15) is 0 Å². The number of amides is 1. The molecule has 0 fully saturated rings. The highest BCUT2D eigenvalue weighted by Gasteiger charge is 2.11. The number of hydrogen-bond acceptors (Lipinski definition) is 4. The van der Waals surface area contributed by atoms with Crippen molar-refractivity contribution in [2.45, 2.75) is 11.3 Å². The summed E-state index contributed by atoms with van der Waals surface area (Å²) in [5.41, 5.74) is 0.571. The molecule has 0 saturated heterocycles. The van der Waals surface area contributed by atoms with Crippen molar-refractivity contribution in [2.24, 2.45) is 0 Å². The van der Waals surface area contributed by atoms with E-state index < -0.39 is 10.0 Å². The molecule has 5 nitrogen and oxygen atoms in total. The minimum absolute atomic E-state index is 0.128. The zero-order chi connectivity index (χ0) is 14.6. The Labute approximate surface area is 121 Å². The van der Waals surface area contributed by atoms with Crippen LogP contribution in [0, 0.1) is 0 Å². The summed E-state index contributed by atoms with van der Waals surface area (Å²) in [6.07, 6.45) is 0.314. The van der Waals surface area contributed by atoms with Gasteiger partial charge in [-0.3, -0.25) is 4.79 Å². The standard InChI is InChI=1S/C13H14N2O3S2/c1-14-20(17,18)12-6-4-10(5-7-12)15-13(16)9-11-3-2-8-19-11/h2-8,14H,9H2,1H3,(H,15,16). The molecule has 1 aromatic carbocycles. The van der Waals surface area contributed by atoms with Crippen LogP contribution in [0.5, 0.6) is 0 Å². The molecular formula is C13H14N2O3S2. The molecule has 2 aromatic rings. The number of sulfonamides is 1. The Kier molecular flexibility index (Phi) is 4.53. The number of thiophene rings is 1. The lowest BCUT2D eigenvalue weighted by Crippen LogP contribution is -2.18. The van der Waals surface area contributed by atoms with Gasteiger partial charge in [0.2, 0.25) is 15.9 Å². The maximum atomic E-state index is 11.8. The quantitative estimate of drug-likeness (QED) is 0.885. The molecule has 0 saturated carbocycles. The number of carbonyl (C=O) groups excluding carboxylic acids is 1. The minimum Gasteiger partial charge on any atom is -0.326 e. The van der Waals surface area contributed by atoms with Crippen LogP contribution in [0.3, 0.4) is 0 Å². The van der Waals surface area contributed by atoms with Crippen LogP contribution in [0.1, 0.15) is 4.88 Å². The van der Waals surface area contributed by atoms with Crippen LogP contribution in [-0.2, 0) is 21.2 Å². The Hall–Kier alpha value is -1.70. The maximum absolute atomic E-state index is 11.8. The zero-order valence-corrected chi connectivity index (χ0v) is 12.4. The van der Waals surface area contributed by atoms with Crippen LogP contribution in [0.15, 0.2) is 46.7 Å². The van der Waals surface area contributed by atoms with Crippen molar-refractivity contribution in [1.82, 2.24) is 4.72 Å². The maximum Gasteiger partial charge on any atom is 0.240 e. The summed E-state index contributed by atoms with van der Waals surface area (Å²) in [6.45, 7) is 0. The van der Waals surface area contributed by atoms with Crippen molar-refractivity contribution in [1.29, 1.82) is 0 Å². The van der Waals surface area contributed by atoms with Gasteiger partial charge in [-0.1, -0.05) is 6.07 Å². The molecule has 1 amide bonds. The van der Waals surface area contributed by atoms with E-state index in [4.69, 9.17) is 0 Å². The lowest BCUT2D eigenvalue weighted by Gasteiger charge is -2.06. The number of rotatable bonds is 5. The second-order valence-electron chi connectivity index (χ2n) is 4.04. The molecule has 1 heterocycles. The fourth-order valence-corrected chi connectivity index (χ4v) is 3.05. The zero-order valence-electron chi connectivity index (χ0n) is 10.8. The summed E-state index contributed by atoms with van der Waals surface area (Å²) < 4.78 is 25.3. The van der Waals surface area contributed by atoms with Crippen LogP contribution >= 0.6 is 11.3 Å². The van der Waals surface area contributed by atoms with E-state index in [0.717, 1.165) is 4.88 Å². The average molecular weight is 310 g/mol. The van der Waals surface area contributed by atoms with Gasteiger partial charge < -0.3 is 5.32 Å². The van der Waals surface area contributed by atoms with Gasteiger partial charge in [0.05, 0.1) is 11.3 Å². The molecule has 7 heteroatoms. The first kappa shape index (κ1) is 14.7. The van der Waals surface area contributed by atoms with Crippen LogP contribution in [0.25, 0.3) is 0 Å². The van der Waals surface area contributed by atoms with Crippen LogP contribution < -0.4 is 10.0 Å². The third kappa shape index (κ3) is 3.66. The van der Waals surface area contributed by atoms with Gasteiger partial charge in [0.15, 0.2) is 0 Å². The van der Waals surface area contributed by atoms with E-state index in [-0.39, 0.29) is 10.8 Å². The molecule has 0 unspecified atom stereocenters. The summed E-state index contributed by atoms with van der Waals surface area (Å²) in [5, 5.41) is 4.65. The summed E-state index contributed by atoms with van der Waals surface area (Å²) >= 11 is 1.52. The lowest BCUT2D eigenvalue weighted by molar-refractivity contribution is -0.115. The Morgan fingerprint density at radius 2 is 1.90 bits per heavy atom. The highest BCUT2D eigenvalue weighted by Crippen LogP contribution is 2.15. The summed E-state index contributed by atoms with van der Waals surface area (Å²) in [6, 6.07) is 9.82. The summed E-state index contributed by atoms with van der Waals surface area (Å²) in [7, 11) is -2.09. The third-order valence-corrected chi connectivity index (χ3v) is 4.94. The Balaban J connectivity index is 2.02. The first-order valence-corrected chi connectivity index (χ1v) is 8.23. The topological polar surface area (TPSA) is 75.3 Å². The molecule has 0 aliphatic heterocycles. The molecule has 2 N–H and O–H groups in total. The van der Waals surface area contributed by atoms with Gasteiger partial charge in [-0.05, 0) is 42.8 Å². The Morgan fingerprint density at radius 3 is 2.45 bits per heavy atom. The molecule has 1 aromatic heterocycles. The number of carbonyl (C=O) groups is 1. The Morgan fingerprint density at radius 1 is 1.20 bits per heavy atom. The average Bonchev–Trinajstić information content (AvgIpc) is 2.92. The van der Waals surface area contributed by atoms with E-state index in [1.54, 1.807) is 12.1 Å². The van der Waals surface area contributed by atoms with Crippen molar-refractivity contribution >= 4 is 33.0 Å². The minimum atomic E-state index is -3.45. The van der Waals surface area contributed by atoms with Crippen molar-refractivity contribution in [3.05, 3.63) is 46.7 Å². The van der Waals surface area contributed by atoms with Gasteiger partial charge in [-0.25, -0.2) is 13.1 Å². The molecule has 106 valence electrons. The van der Waals surface area contributed by atoms with E-state index in [0.29, 0.717) is 12.1 Å². The number of hydrogen-bond donors (Lipinski definition) is 2. The summed E-state index contributed by atoms with van der Waals surface area (Å²) in [4.78, 5) is 12.9. The Bertz CT molecular complexity index is 677. The molecule has 2 rings (SSSR count). The second-order valence-corrected chi connectivity index (χ2v) is 6.96. The second kappa shape index (κ2) is 6.17. The summed E-state index contributed by atoms with van der Waals surface area (Å²) in [5.74, 6) is -0.128. The molecule has 0 aliphatic rings. The molecule has 0 radical (unpaired) electrons. The molecule has 0 spiro atoms. The van der Waals surface area contributed by atoms with E-state index in [2.05, 4.69) is 10.0 Å². The normalized spacial score (nSPS) is 11.2. The van der Waals surface area contributed by atoms with Crippen molar-refractivity contribution < 1.29 is 13.2 Å². The number of anilines is 1. The van der Waals surface area contributed by atoms with Crippen LogP contribution in [-0.4, -0.2) is 21.4 Å². The highest BCUT2D eigenvalue weighted by molar-refractivity contribution is 7.89. The van der Waals surface area contributed by atoms with E-state index >= 15 is 0 Å². The molecule has 20 heavy (non-hydrogen) atoms. The third-order valence-electron chi connectivity index (χ3n) is 2.63.